The standard InChI is InChI=1S/C23H20N4O2S/c1-2-29-20-12-10-19(11-13-20)27-22(18-9-6-14-24-15-18)25-26-23(27)30-16-21(28)17-7-4-3-5-8-17/h3-15H,2,16H2,1H3. The number of thioether (sulfide) groups is 1. The second-order valence-electron chi connectivity index (χ2n) is 6.39. The SMILES string of the molecule is CCOc1ccc(-n2c(SCC(=O)c3ccccc3)nnc2-c2cccnc2)cc1. The molecule has 0 atom stereocenters. The number of benzene rings is 2. The van der Waals surface area contributed by atoms with Crippen molar-refractivity contribution in [3.63, 3.8) is 0 Å². The number of carbonyl (C=O) groups excluding carboxylic acids is 1. The molecule has 0 aliphatic carbocycles. The van der Waals surface area contributed by atoms with Gasteiger partial charge < -0.3 is 4.74 Å². The van der Waals surface area contributed by atoms with Crippen LogP contribution in [0.25, 0.3) is 17.1 Å². The molecule has 0 fully saturated rings. The van der Waals surface area contributed by atoms with Crippen molar-refractivity contribution < 1.29 is 9.53 Å². The minimum absolute atomic E-state index is 0.0461. The molecule has 2 aromatic heterocycles. The lowest BCUT2D eigenvalue weighted by Crippen LogP contribution is -2.05. The summed E-state index contributed by atoms with van der Waals surface area (Å²) in [5, 5.41) is 9.38. The zero-order valence-corrected chi connectivity index (χ0v) is 17.2. The molecule has 0 radical (unpaired) electrons. The van der Waals surface area contributed by atoms with Crippen molar-refractivity contribution in [1.29, 1.82) is 0 Å². The first kappa shape index (κ1) is 19.8. The Hall–Kier alpha value is -3.45. The zero-order valence-electron chi connectivity index (χ0n) is 16.4. The van der Waals surface area contributed by atoms with E-state index in [0.29, 0.717) is 23.2 Å². The maximum atomic E-state index is 12.6. The van der Waals surface area contributed by atoms with Crippen LogP contribution in [0.1, 0.15) is 17.3 Å². The minimum Gasteiger partial charge on any atom is -0.494 e. The summed E-state index contributed by atoms with van der Waals surface area (Å²) in [6.45, 7) is 2.56. The Bertz CT molecular complexity index is 1110. The molecule has 0 saturated carbocycles. The normalized spacial score (nSPS) is 10.7. The lowest BCUT2D eigenvalue weighted by Gasteiger charge is -2.11. The van der Waals surface area contributed by atoms with Crippen molar-refractivity contribution in [2.45, 2.75) is 12.1 Å². The number of hydrogen-bond acceptors (Lipinski definition) is 6. The van der Waals surface area contributed by atoms with E-state index in [1.54, 1.807) is 12.4 Å². The van der Waals surface area contributed by atoms with Crippen LogP contribution < -0.4 is 4.74 Å². The molecule has 6 nitrogen and oxygen atoms in total. The molecule has 0 amide bonds. The first-order valence-corrected chi connectivity index (χ1v) is 10.5. The van der Waals surface area contributed by atoms with Gasteiger partial charge in [-0.25, -0.2) is 0 Å². The van der Waals surface area contributed by atoms with Gasteiger partial charge in [-0.15, -0.1) is 10.2 Å². The molecule has 4 aromatic rings. The predicted molar refractivity (Wildman–Crippen MR) is 117 cm³/mol. The van der Waals surface area contributed by atoms with E-state index in [1.807, 2.05) is 78.2 Å². The van der Waals surface area contributed by atoms with Crippen LogP contribution in [-0.4, -0.2) is 37.9 Å². The van der Waals surface area contributed by atoms with Crippen LogP contribution in [0, 0.1) is 0 Å². The van der Waals surface area contributed by atoms with Crippen molar-refractivity contribution in [3.8, 4) is 22.8 Å². The average molecular weight is 417 g/mol. The highest BCUT2D eigenvalue weighted by Crippen LogP contribution is 2.29. The summed E-state index contributed by atoms with van der Waals surface area (Å²) in [7, 11) is 0. The van der Waals surface area contributed by atoms with Crippen LogP contribution >= 0.6 is 11.8 Å². The highest BCUT2D eigenvalue weighted by molar-refractivity contribution is 7.99. The smallest absolute Gasteiger partial charge is 0.196 e. The molecule has 30 heavy (non-hydrogen) atoms. The molecule has 0 aliphatic heterocycles. The Kier molecular flexibility index (Phi) is 6.20. The monoisotopic (exact) mass is 416 g/mol. The number of hydrogen-bond donors (Lipinski definition) is 0. The van der Waals surface area contributed by atoms with Gasteiger partial charge in [-0.05, 0) is 43.3 Å². The average Bonchev–Trinajstić information content (AvgIpc) is 3.23. The van der Waals surface area contributed by atoms with Crippen molar-refractivity contribution >= 4 is 17.5 Å². The predicted octanol–water partition coefficient (Wildman–Crippen LogP) is 4.70. The summed E-state index contributed by atoms with van der Waals surface area (Å²) >= 11 is 1.36. The van der Waals surface area contributed by atoms with Gasteiger partial charge in [-0.3, -0.25) is 14.3 Å². The van der Waals surface area contributed by atoms with Gasteiger partial charge in [0.1, 0.15) is 5.75 Å². The number of Topliss-reactive ketones (excluding diaryl/α,β-unsaturated/α-hetero) is 1. The molecule has 2 aromatic carbocycles. The van der Waals surface area contributed by atoms with E-state index in [4.69, 9.17) is 4.74 Å². The van der Waals surface area contributed by atoms with Crippen LogP contribution in [0.4, 0.5) is 0 Å². The third-order valence-electron chi connectivity index (χ3n) is 4.39. The van der Waals surface area contributed by atoms with E-state index in [1.165, 1.54) is 11.8 Å². The number of nitrogens with zero attached hydrogens (tertiary/aromatic N) is 4. The lowest BCUT2D eigenvalue weighted by molar-refractivity contribution is 0.102. The van der Waals surface area contributed by atoms with E-state index < -0.39 is 0 Å². The largest absolute Gasteiger partial charge is 0.494 e. The molecular formula is C23H20N4O2S. The number of pyridine rings is 1. The van der Waals surface area contributed by atoms with Crippen LogP contribution in [0.5, 0.6) is 5.75 Å². The van der Waals surface area contributed by atoms with Gasteiger partial charge in [0.05, 0.1) is 12.4 Å². The Labute approximate surface area is 179 Å². The van der Waals surface area contributed by atoms with E-state index in [9.17, 15) is 4.79 Å². The van der Waals surface area contributed by atoms with Crippen molar-refractivity contribution in [2.75, 3.05) is 12.4 Å². The Balaban J connectivity index is 1.66. The van der Waals surface area contributed by atoms with Crippen molar-refractivity contribution in [2.24, 2.45) is 0 Å². The number of rotatable bonds is 8. The molecular weight excluding hydrogens is 396 g/mol. The van der Waals surface area contributed by atoms with Gasteiger partial charge in [0.2, 0.25) is 0 Å². The van der Waals surface area contributed by atoms with Gasteiger partial charge in [-0.1, -0.05) is 42.1 Å². The zero-order chi connectivity index (χ0) is 20.8. The van der Waals surface area contributed by atoms with Crippen LogP contribution in [0.3, 0.4) is 0 Å². The molecule has 150 valence electrons. The van der Waals surface area contributed by atoms with Gasteiger partial charge in [-0.2, -0.15) is 0 Å². The first-order chi connectivity index (χ1) is 14.8. The number of ether oxygens (including phenoxy) is 1. The third kappa shape index (κ3) is 4.41. The fourth-order valence-electron chi connectivity index (χ4n) is 2.97. The number of carbonyl (C=O) groups is 1. The summed E-state index contributed by atoms with van der Waals surface area (Å²) < 4.78 is 7.49. The third-order valence-corrected chi connectivity index (χ3v) is 5.32. The topological polar surface area (TPSA) is 69.9 Å². The fourth-order valence-corrected chi connectivity index (χ4v) is 3.82. The van der Waals surface area contributed by atoms with Gasteiger partial charge in [0.15, 0.2) is 16.8 Å². The summed E-state index contributed by atoms with van der Waals surface area (Å²) in [6, 6.07) is 20.8. The van der Waals surface area contributed by atoms with Crippen molar-refractivity contribution in [1.82, 2.24) is 19.7 Å². The molecule has 0 bridgehead atoms. The molecule has 0 N–H and O–H groups in total. The summed E-state index contributed by atoms with van der Waals surface area (Å²) in [4.78, 5) is 16.7. The quantitative estimate of drug-likeness (QED) is 0.306. The Morgan fingerprint density at radius 2 is 1.80 bits per heavy atom. The molecule has 0 spiro atoms. The Morgan fingerprint density at radius 3 is 2.50 bits per heavy atom. The Morgan fingerprint density at radius 1 is 1.00 bits per heavy atom. The highest BCUT2D eigenvalue weighted by Gasteiger charge is 2.18. The molecule has 2 heterocycles. The lowest BCUT2D eigenvalue weighted by atomic mass is 10.2. The molecule has 7 heteroatoms. The number of ketones is 1. The summed E-state index contributed by atoms with van der Waals surface area (Å²) in [5.74, 6) is 1.78. The van der Waals surface area contributed by atoms with Gasteiger partial charge >= 0.3 is 0 Å². The maximum Gasteiger partial charge on any atom is 0.196 e. The molecule has 4 rings (SSSR count). The van der Waals surface area contributed by atoms with E-state index in [0.717, 1.165) is 17.0 Å². The van der Waals surface area contributed by atoms with E-state index in [2.05, 4.69) is 15.2 Å². The summed E-state index contributed by atoms with van der Waals surface area (Å²) in [5.41, 5.74) is 2.42. The first-order valence-electron chi connectivity index (χ1n) is 9.56. The van der Waals surface area contributed by atoms with Crippen molar-refractivity contribution in [3.05, 3.63) is 84.7 Å². The van der Waals surface area contributed by atoms with Gasteiger partial charge in [0, 0.05) is 29.2 Å². The fraction of sp³-hybridized carbons (Fsp3) is 0.130. The van der Waals surface area contributed by atoms with Crippen LogP contribution in [0.15, 0.2) is 84.3 Å². The molecule has 0 unspecified atom stereocenters. The summed E-state index contributed by atoms with van der Waals surface area (Å²) in [6.07, 6.45) is 3.47. The second kappa shape index (κ2) is 9.37. The van der Waals surface area contributed by atoms with Gasteiger partial charge in [0.25, 0.3) is 0 Å². The molecule has 0 aliphatic rings. The van der Waals surface area contributed by atoms with E-state index >= 15 is 0 Å². The minimum atomic E-state index is 0.0461. The van der Waals surface area contributed by atoms with E-state index in [-0.39, 0.29) is 11.5 Å². The van der Waals surface area contributed by atoms with Crippen LogP contribution in [0.2, 0.25) is 0 Å². The second-order valence-corrected chi connectivity index (χ2v) is 7.33. The maximum absolute atomic E-state index is 12.6. The number of aromatic nitrogens is 4. The molecule has 0 saturated heterocycles. The van der Waals surface area contributed by atoms with Crippen LogP contribution in [-0.2, 0) is 0 Å². The highest BCUT2D eigenvalue weighted by atomic mass is 32.2.